The monoisotopic (exact) mass is 277 g/mol. The van der Waals surface area contributed by atoms with E-state index in [-0.39, 0.29) is 0 Å². The van der Waals surface area contributed by atoms with Crippen LogP contribution in [0.2, 0.25) is 5.15 Å². The normalized spacial score (nSPS) is 18.1. The molecule has 2 aromatic rings. The lowest BCUT2D eigenvalue weighted by Crippen LogP contribution is -2.22. The third-order valence-corrected chi connectivity index (χ3v) is 3.68. The van der Waals surface area contributed by atoms with Crippen molar-refractivity contribution in [2.75, 3.05) is 0 Å². The van der Waals surface area contributed by atoms with Gasteiger partial charge in [-0.25, -0.2) is 4.98 Å². The second-order valence-electron chi connectivity index (χ2n) is 4.53. The summed E-state index contributed by atoms with van der Waals surface area (Å²) in [5, 5.41) is 9.57. The van der Waals surface area contributed by atoms with Crippen molar-refractivity contribution in [3.8, 4) is 11.4 Å². The van der Waals surface area contributed by atoms with Gasteiger partial charge in [0.2, 0.25) is 0 Å². The fourth-order valence-electron chi connectivity index (χ4n) is 2.55. The van der Waals surface area contributed by atoms with E-state index in [1.807, 2.05) is 16.7 Å². The molecule has 0 fully saturated rings. The van der Waals surface area contributed by atoms with E-state index in [2.05, 4.69) is 9.97 Å². The number of halogens is 1. The molecule has 1 unspecified atom stereocenters. The van der Waals surface area contributed by atoms with Crippen molar-refractivity contribution in [2.45, 2.75) is 25.3 Å². The highest BCUT2D eigenvalue weighted by Crippen LogP contribution is 2.36. The summed E-state index contributed by atoms with van der Waals surface area (Å²) in [5.74, 6) is -0.693. The van der Waals surface area contributed by atoms with Gasteiger partial charge in [0.05, 0.1) is 5.69 Å². The van der Waals surface area contributed by atoms with Gasteiger partial charge >= 0.3 is 5.97 Å². The number of fused-ring (bicyclic) bond motifs is 1. The summed E-state index contributed by atoms with van der Waals surface area (Å²) in [5.41, 5.74) is 1.52. The fourth-order valence-corrected chi connectivity index (χ4v) is 2.86. The van der Waals surface area contributed by atoms with E-state index < -0.39 is 11.9 Å². The Kier molecular flexibility index (Phi) is 2.98. The lowest BCUT2D eigenvalue weighted by molar-refractivity contribution is -0.139. The maximum atomic E-state index is 11.3. The number of carbonyl (C=O) groups is 1. The zero-order valence-corrected chi connectivity index (χ0v) is 10.8. The number of carboxylic acids is 1. The number of rotatable bonds is 2. The quantitative estimate of drug-likeness (QED) is 0.916. The standard InChI is InChI=1S/C13H12ClN3O2/c14-11-10-9(13(18)19)2-1-7-17(10)12(16-11)8-3-5-15-6-4-8/h3-6,9H,1-2,7H2,(H,18,19). The van der Waals surface area contributed by atoms with Crippen molar-refractivity contribution in [1.82, 2.24) is 14.5 Å². The molecule has 5 nitrogen and oxygen atoms in total. The van der Waals surface area contributed by atoms with Crippen LogP contribution in [0.4, 0.5) is 0 Å². The van der Waals surface area contributed by atoms with Crippen LogP contribution in [0, 0.1) is 0 Å². The predicted molar refractivity (Wildman–Crippen MR) is 70.1 cm³/mol. The molecule has 2 aromatic heterocycles. The summed E-state index contributed by atoms with van der Waals surface area (Å²) in [4.78, 5) is 19.6. The molecule has 1 aliphatic rings. The average Bonchev–Trinajstić information content (AvgIpc) is 2.77. The van der Waals surface area contributed by atoms with Crippen molar-refractivity contribution in [1.29, 1.82) is 0 Å². The Morgan fingerprint density at radius 1 is 1.42 bits per heavy atom. The largest absolute Gasteiger partial charge is 0.481 e. The van der Waals surface area contributed by atoms with Crippen molar-refractivity contribution < 1.29 is 9.90 Å². The Balaban J connectivity index is 2.15. The van der Waals surface area contributed by atoms with Crippen LogP contribution in [0.1, 0.15) is 24.5 Å². The van der Waals surface area contributed by atoms with E-state index in [4.69, 9.17) is 11.6 Å². The Hall–Kier alpha value is -1.88. The second-order valence-corrected chi connectivity index (χ2v) is 4.89. The molecule has 0 bridgehead atoms. The molecule has 1 N–H and O–H groups in total. The van der Waals surface area contributed by atoms with Crippen molar-refractivity contribution >= 4 is 17.6 Å². The molecule has 0 radical (unpaired) electrons. The zero-order valence-electron chi connectivity index (χ0n) is 10.1. The molecule has 0 saturated carbocycles. The molecule has 0 aromatic carbocycles. The number of nitrogens with zero attached hydrogens (tertiary/aromatic N) is 3. The molecule has 1 atom stereocenters. The van der Waals surface area contributed by atoms with Crippen LogP contribution < -0.4 is 0 Å². The predicted octanol–water partition coefficient (Wildman–Crippen LogP) is 2.56. The molecular weight excluding hydrogens is 266 g/mol. The second kappa shape index (κ2) is 4.66. The van der Waals surface area contributed by atoms with Crippen LogP contribution >= 0.6 is 11.6 Å². The van der Waals surface area contributed by atoms with E-state index in [1.165, 1.54) is 0 Å². The first kappa shape index (κ1) is 12.2. The molecule has 0 amide bonds. The molecular formula is C13H12ClN3O2. The van der Waals surface area contributed by atoms with E-state index in [0.29, 0.717) is 23.1 Å². The van der Waals surface area contributed by atoms with Crippen molar-refractivity contribution in [2.24, 2.45) is 0 Å². The topological polar surface area (TPSA) is 68.0 Å². The van der Waals surface area contributed by atoms with Crippen LogP contribution in [-0.2, 0) is 11.3 Å². The molecule has 0 spiro atoms. The highest BCUT2D eigenvalue weighted by molar-refractivity contribution is 6.30. The first-order chi connectivity index (χ1) is 9.18. The SMILES string of the molecule is O=C(O)C1CCCn2c(-c3ccncc3)nc(Cl)c21. The fraction of sp³-hybridized carbons (Fsp3) is 0.308. The first-order valence-electron chi connectivity index (χ1n) is 6.07. The Morgan fingerprint density at radius 2 is 2.16 bits per heavy atom. The summed E-state index contributed by atoms with van der Waals surface area (Å²) < 4.78 is 1.92. The molecule has 3 heterocycles. The summed E-state index contributed by atoms with van der Waals surface area (Å²) in [7, 11) is 0. The molecule has 0 aliphatic carbocycles. The number of hydrogen-bond acceptors (Lipinski definition) is 3. The third kappa shape index (κ3) is 2.00. The van der Waals surface area contributed by atoms with Gasteiger partial charge < -0.3 is 9.67 Å². The summed E-state index contributed by atoms with van der Waals surface area (Å²) in [6.07, 6.45) is 4.79. The number of carboxylic acid groups (broad SMARTS) is 1. The number of imidazole rings is 1. The minimum absolute atomic E-state index is 0.291. The zero-order chi connectivity index (χ0) is 13.4. The van der Waals surface area contributed by atoms with Crippen molar-refractivity contribution in [3.63, 3.8) is 0 Å². The third-order valence-electron chi connectivity index (χ3n) is 3.40. The summed E-state index contributed by atoms with van der Waals surface area (Å²) in [6, 6.07) is 3.69. The number of pyridine rings is 1. The van der Waals surface area contributed by atoms with Gasteiger partial charge in [0.25, 0.3) is 0 Å². The molecule has 19 heavy (non-hydrogen) atoms. The van der Waals surface area contributed by atoms with Gasteiger partial charge in [-0.05, 0) is 25.0 Å². The van der Waals surface area contributed by atoms with E-state index in [0.717, 1.165) is 18.5 Å². The minimum atomic E-state index is -0.843. The molecule has 1 aliphatic heterocycles. The Labute approximate surface area is 114 Å². The van der Waals surface area contributed by atoms with Crippen LogP contribution in [-0.4, -0.2) is 25.6 Å². The van der Waals surface area contributed by atoms with E-state index >= 15 is 0 Å². The van der Waals surface area contributed by atoms with Crippen LogP contribution in [0.25, 0.3) is 11.4 Å². The molecule has 0 saturated heterocycles. The van der Waals surface area contributed by atoms with Gasteiger partial charge in [-0.2, -0.15) is 0 Å². The molecule has 98 valence electrons. The van der Waals surface area contributed by atoms with Gasteiger partial charge in [0.1, 0.15) is 11.7 Å². The van der Waals surface area contributed by atoms with Crippen LogP contribution in [0.15, 0.2) is 24.5 Å². The number of aliphatic carboxylic acids is 1. The van der Waals surface area contributed by atoms with Gasteiger partial charge in [0, 0.05) is 24.5 Å². The first-order valence-corrected chi connectivity index (χ1v) is 6.45. The van der Waals surface area contributed by atoms with Gasteiger partial charge in [0.15, 0.2) is 5.15 Å². The molecule has 3 rings (SSSR count). The van der Waals surface area contributed by atoms with Crippen LogP contribution in [0.5, 0.6) is 0 Å². The summed E-state index contributed by atoms with van der Waals surface area (Å²) >= 11 is 6.14. The van der Waals surface area contributed by atoms with Crippen molar-refractivity contribution in [3.05, 3.63) is 35.4 Å². The average molecular weight is 278 g/mol. The number of aromatic nitrogens is 3. The lowest BCUT2D eigenvalue weighted by Gasteiger charge is -2.22. The molecule has 6 heteroatoms. The van der Waals surface area contributed by atoms with E-state index in [9.17, 15) is 9.90 Å². The maximum absolute atomic E-state index is 11.3. The summed E-state index contributed by atoms with van der Waals surface area (Å²) in [6.45, 7) is 0.747. The van der Waals surface area contributed by atoms with E-state index in [1.54, 1.807) is 12.4 Å². The van der Waals surface area contributed by atoms with Gasteiger partial charge in [-0.15, -0.1) is 0 Å². The lowest BCUT2D eigenvalue weighted by atomic mass is 9.96. The minimum Gasteiger partial charge on any atom is -0.481 e. The highest BCUT2D eigenvalue weighted by atomic mass is 35.5. The smallest absolute Gasteiger partial charge is 0.312 e. The Bertz CT molecular complexity index is 624. The highest BCUT2D eigenvalue weighted by Gasteiger charge is 2.32. The maximum Gasteiger partial charge on any atom is 0.312 e. The Morgan fingerprint density at radius 3 is 2.84 bits per heavy atom. The van der Waals surface area contributed by atoms with Gasteiger partial charge in [-0.1, -0.05) is 11.6 Å². The van der Waals surface area contributed by atoms with Gasteiger partial charge in [-0.3, -0.25) is 9.78 Å². The number of hydrogen-bond donors (Lipinski definition) is 1. The van der Waals surface area contributed by atoms with Crippen LogP contribution in [0.3, 0.4) is 0 Å².